The molecule has 0 spiro atoms. The predicted octanol–water partition coefficient (Wildman–Crippen LogP) is 2.74. The van der Waals surface area contributed by atoms with E-state index >= 15 is 0 Å². The van der Waals surface area contributed by atoms with Crippen molar-refractivity contribution in [1.82, 2.24) is 0 Å². The molecule has 1 heterocycles. The van der Waals surface area contributed by atoms with E-state index < -0.39 is 6.10 Å². The summed E-state index contributed by atoms with van der Waals surface area (Å²) >= 11 is 0. The van der Waals surface area contributed by atoms with Crippen LogP contribution < -0.4 is 9.64 Å². The number of carbonyl (C=O) groups excluding carboxylic acids is 3. The highest BCUT2D eigenvalue weighted by Gasteiger charge is 2.32. The highest BCUT2D eigenvalue weighted by atomic mass is 16.5. The lowest BCUT2D eigenvalue weighted by Gasteiger charge is -2.33. The van der Waals surface area contributed by atoms with Crippen molar-refractivity contribution in [2.75, 3.05) is 18.1 Å². The summed E-state index contributed by atoms with van der Waals surface area (Å²) in [4.78, 5) is 37.6. The van der Waals surface area contributed by atoms with E-state index in [-0.39, 0.29) is 30.6 Å². The molecule has 0 radical (unpaired) electrons. The maximum Gasteiger partial charge on any atom is 0.307 e. The Labute approximate surface area is 141 Å². The number of fused-ring (bicyclic) bond motifs is 1. The number of nitrogens with zero attached hydrogens (tertiary/aromatic N) is 1. The number of ether oxygens (including phenoxy) is 2. The van der Waals surface area contributed by atoms with E-state index in [1.54, 1.807) is 32.0 Å². The fraction of sp³-hybridized carbons (Fsp3) is 0.500. The van der Waals surface area contributed by atoms with Crippen LogP contribution in [0.25, 0.3) is 0 Å². The van der Waals surface area contributed by atoms with E-state index in [4.69, 9.17) is 9.47 Å². The molecule has 0 bridgehead atoms. The van der Waals surface area contributed by atoms with Crippen molar-refractivity contribution in [2.24, 2.45) is 0 Å². The summed E-state index contributed by atoms with van der Waals surface area (Å²) < 4.78 is 10.5. The number of anilines is 1. The summed E-state index contributed by atoms with van der Waals surface area (Å²) in [5.74, 6) is -0.0215. The number of carbonyl (C=O) groups is 3. The molecular formula is C18H23NO5. The standard InChI is InChI=1S/C18H23NO5/c1-4-6-15(20)13-7-8-16-14(11-13)19(18(22)12(3)24-16)10-9-17(21)23-5-2/h7-8,11-12H,4-6,9-10H2,1-3H3. The molecule has 6 nitrogen and oxygen atoms in total. The quantitative estimate of drug-likeness (QED) is 0.567. The van der Waals surface area contributed by atoms with Crippen LogP contribution in [0.15, 0.2) is 18.2 Å². The number of esters is 1. The zero-order valence-corrected chi connectivity index (χ0v) is 14.3. The van der Waals surface area contributed by atoms with Gasteiger partial charge < -0.3 is 14.4 Å². The molecular weight excluding hydrogens is 310 g/mol. The summed E-state index contributed by atoms with van der Waals surface area (Å²) in [5, 5.41) is 0. The van der Waals surface area contributed by atoms with Gasteiger partial charge in [-0.3, -0.25) is 14.4 Å². The molecule has 0 saturated carbocycles. The molecule has 24 heavy (non-hydrogen) atoms. The second kappa shape index (κ2) is 7.95. The highest BCUT2D eigenvalue weighted by molar-refractivity contribution is 6.03. The zero-order chi connectivity index (χ0) is 17.7. The SMILES string of the molecule is CCCC(=O)c1ccc2c(c1)N(CCC(=O)OCC)C(=O)C(C)O2. The summed E-state index contributed by atoms with van der Waals surface area (Å²) in [7, 11) is 0. The van der Waals surface area contributed by atoms with Crippen molar-refractivity contribution in [3.63, 3.8) is 0 Å². The van der Waals surface area contributed by atoms with Gasteiger partial charge in [0.2, 0.25) is 0 Å². The second-order valence-electron chi connectivity index (χ2n) is 5.66. The molecule has 6 heteroatoms. The van der Waals surface area contributed by atoms with E-state index in [1.807, 2.05) is 6.92 Å². The van der Waals surface area contributed by atoms with Crippen molar-refractivity contribution in [3.05, 3.63) is 23.8 Å². The maximum absolute atomic E-state index is 12.4. The summed E-state index contributed by atoms with van der Waals surface area (Å²) in [6.45, 7) is 5.85. The minimum absolute atomic E-state index is 0.0247. The van der Waals surface area contributed by atoms with Gasteiger partial charge in [0.15, 0.2) is 11.9 Å². The molecule has 1 atom stereocenters. The van der Waals surface area contributed by atoms with Gasteiger partial charge in [-0.1, -0.05) is 6.92 Å². The summed E-state index contributed by atoms with van der Waals surface area (Å²) in [6.07, 6.45) is 0.678. The Bertz CT molecular complexity index is 640. The third-order valence-electron chi connectivity index (χ3n) is 3.81. The predicted molar refractivity (Wildman–Crippen MR) is 89.4 cm³/mol. The third kappa shape index (κ3) is 3.93. The van der Waals surface area contributed by atoms with Crippen LogP contribution >= 0.6 is 0 Å². The van der Waals surface area contributed by atoms with E-state index in [2.05, 4.69) is 0 Å². The van der Waals surface area contributed by atoms with Crippen LogP contribution in [0.1, 0.15) is 50.4 Å². The zero-order valence-electron chi connectivity index (χ0n) is 14.3. The van der Waals surface area contributed by atoms with Crippen molar-refractivity contribution in [2.45, 2.75) is 46.1 Å². The first-order chi connectivity index (χ1) is 11.5. The Morgan fingerprint density at radius 2 is 2.00 bits per heavy atom. The van der Waals surface area contributed by atoms with Gasteiger partial charge >= 0.3 is 5.97 Å². The van der Waals surface area contributed by atoms with Gasteiger partial charge in [-0.25, -0.2) is 0 Å². The fourth-order valence-corrected chi connectivity index (χ4v) is 2.62. The molecule has 0 aliphatic carbocycles. The first-order valence-corrected chi connectivity index (χ1v) is 8.28. The Balaban J connectivity index is 2.27. The molecule has 130 valence electrons. The molecule has 1 amide bonds. The van der Waals surface area contributed by atoms with Crippen LogP contribution in [0.5, 0.6) is 5.75 Å². The number of hydrogen-bond acceptors (Lipinski definition) is 5. The van der Waals surface area contributed by atoms with Crippen molar-refractivity contribution < 1.29 is 23.9 Å². The number of amides is 1. The van der Waals surface area contributed by atoms with E-state index in [1.165, 1.54) is 4.90 Å². The average molecular weight is 333 g/mol. The first-order valence-electron chi connectivity index (χ1n) is 8.28. The summed E-state index contributed by atoms with van der Waals surface area (Å²) in [6, 6.07) is 5.09. The number of benzene rings is 1. The molecule has 1 unspecified atom stereocenters. The second-order valence-corrected chi connectivity index (χ2v) is 5.66. The normalized spacial score (nSPS) is 16.4. The minimum atomic E-state index is -0.628. The van der Waals surface area contributed by atoms with Crippen LogP contribution in [-0.4, -0.2) is 36.9 Å². The van der Waals surface area contributed by atoms with Gasteiger partial charge in [-0.2, -0.15) is 0 Å². The van der Waals surface area contributed by atoms with Crippen LogP contribution in [-0.2, 0) is 14.3 Å². The van der Waals surface area contributed by atoms with E-state index in [0.717, 1.165) is 6.42 Å². The molecule has 1 aliphatic heterocycles. The molecule has 1 aliphatic rings. The van der Waals surface area contributed by atoms with E-state index in [0.29, 0.717) is 30.0 Å². The summed E-state index contributed by atoms with van der Waals surface area (Å²) in [5.41, 5.74) is 1.08. The number of ketones is 1. The highest BCUT2D eigenvalue weighted by Crippen LogP contribution is 2.35. The number of hydrogen-bond donors (Lipinski definition) is 0. The third-order valence-corrected chi connectivity index (χ3v) is 3.81. The lowest BCUT2D eigenvalue weighted by Crippen LogP contribution is -2.45. The number of Topliss-reactive ketones (excluding diaryl/α,β-unsaturated/α-hetero) is 1. The fourth-order valence-electron chi connectivity index (χ4n) is 2.62. The lowest BCUT2D eigenvalue weighted by molar-refractivity contribution is -0.142. The Morgan fingerprint density at radius 3 is 2.67 bits per heavy atom. The van der Waals surface area contributed by atoms with Gasteiger partial charge in [-0.05, 0) is 38.5 Å². The molecule has 0 aromatic heterocycles. The molecule has 1 aromatic rings. The van der Waals surface area contributed by atoms with Crippen LogP contribution in [0.3, 0.4) is 0 Å². The molecule has 0 saturated heterocycles. The Hall–Kier alpha value is -2.37. The van der Waals surface area contributed by atoms with Crippen molar-refractivity contribution >= 4 is 23.3 Å². The largest absolute Gasteiger partial charge is 0.479 e. The Morgan fingerprint density at radius 1 is 1.25 bits per heavy atom. The smallest absolute Gasteiger partial charge is 0.307 e. The lowest BCUT2D eigenvalue weighted by atomic mass is 10.0. The number of rotatable bonds is 7. The van der Waals surface area contributed by atoms with Crippen LogP contribution in [0.2, 0.25) is 0 Å². The van der Waals surface area contributed by atoms with E-state index in [9.17, 15) is 14.4 Å². The first kappa shape index (κ1) is 18.0. The average Bonchev–Trinajstić information content (AvgIpc) is 2.55. The van der Waals surface area contributed by atoms with Crippen molar-refractivity contribution in [1.29, 1.82) is 0 Å². The maximum atomic E-state index is 12.4. The molecule has 0 fully saturated rings. The molecule has 1 aromatic carbocycles. The molecule has 0 N–H and O–H groups in total. The van der Waals surface area contributed by atoms with Gasteiger partial charge in [0.1, 0.15) is 5.75 Å². The minimum Gasteiger partial charge on any atom is -0.479 e. The monoisotopic (exact) mass is 333 g/mol. The topological polar surface area (TPSA) is 72.9 Å². The Kier molecular flexibility index (Phi) is 5.95. The molecule has 2 rings (SSSR count). The van der Waals surface area contributed by atoms with Crippen LogP contribution in [0, 0.1) is 0 Å². The van der Waals surface area contributed by atoms with Gasteiger partial charge in [0.05, 0.1) is 18.7 Å². The van der Waals surface area contributed by atoms with Crippen LogP contribution in [0.4, 0.5) is 5.69 Å². The van der Waals surface area contributed by atoms with Gasteiger partial charge in [-0.15, -0.1) is 0 Å². The van der Waals surface area contributed by atoms with Crippen molar-refractivity contribution in [3.8, 4) is 5.75 Å². The van der Waals surface area contributed by atoms with Gasteiger partial charge in [0.25, 0.3) is 5.91 Å². The van der Waals surface area contributed by atoms with Gasteiger partial charge in [0, 0.05) is 18.5 Å².